The van der Waals surface area contributed by atoms with Gasteiger partial charge in [0.25, 0.3) is 0 Å². The summed E-state index contributed by atoms with van der Waals surface area (Å²) in [6, 6.07) is 4.61. The van der Waals surface area contributed by atoms with Crippen LogP contribution in [0.1, 0.15) is 51.0 Å². The van der Waals surface area contributed by atoms with E-state index >= 15 is 0 Å². The van der Waals surface area contributed by atoms with Gasteiger partial charge in [-0.05, 0) is 74.8 Å². The maximum atomic E-state index is 14.4. The Morgan fingerprint density at radius 3 is 2.53 bits per heavy atom. The van der Waals surface area contributed by atoms with E-state index in [0.717, 1.165) is 45.2 Å². The fraction of sp³-hybridized carbons (Fsp3) is 0.692. The average molecular weight is 477 g/mol. The highest BCUT2D eigenvalue weighted by Gasteiger charge is 2.45. The minimum Gasteiger partial charge on any atom is -0.493 e. The highest BCUT2D eigenvalue weighted by Crippen LogP contribution is 2.50. The molecule has 4 fully saturated rings. The van der Waals surface area contributed by atoms with Crippen molar-refractivity contribution in [1.82, 2.24) is 9.80 Å². The van der Waals surface area contributed by atoms with Crippen LogP contribution in [0.25, 0.3) is 0 Å². The van der Waals surface area contributed by atoms with Crippen LogP contribution in [0.4, 0.5) is 13.6 Å². The Labute approximate surface area is 199 Å². The quantitative estimate of drug-likeness (QED) is 0.560. The zero-order valence-electron chi connectivity index (χ0n) is 19.8. The smallest absolute Gasteiger partial charge is 0.410 e. The Kier molecular flexibility index (Phi) is 6.42. The summed E-state index contributed by atoms with van der Waals surface area (Å²) in [6.45, 7) is 4.30. The number of rotatable bonds is 8. The molecule has 2 aliphatic heterocycles. The van der Waals surface area contributed by atoms with Gasteiger partial charge in [0.15, 0.2) is 0 Å². The number of nitrogens with zero attached hydrogens (tertiary/aromatic N) is 2. The van der Waals surface area contributed by atoms with Crippen LogP contribution in [0.3, 0.4) is 0 Å². The highest BCUT2D eigenvalue weighted by molar-refractivity contribution is 5.79. The van der Waals surface area contributed by atoms with E-state index in [4.69, 9.17) is 9.47 Å². The predicted octanol–water partition coefficient (Wildman–Crippen LogP) is 4.35. The molecule has 2 atom stereocenters. The van der Waals surface area contributed by atoms with Crippen molar-refractivity contribution in [3.05, 3.63) is 29.6 Å². The van der Waals surface area contributed by atoms with E-state index in [9.17, 15) is 18.4 Å². The van der Waals surface area contributed by atoms with E-state index in [2.05, 4.69) is 0 Å². The number of hydrogen-bond acceptors (Lipinski definition) is 4. The molecule has 4 aliphatic rings. The summed E-state index contributed by atoms with van der Waals surface area (Å²) in [6.07, 6.45) is 4.97. The number of ether oxygens (including phenoxy) is 2. The van der Waals surface area contributed by atoms with Crippen molar-refractivity contribution in [1.29, 1.82) is 0 Å². The SMILES string of the molecule is CC1(OC(=O)N2CCC(C3C[C@H]3CCOc3ccc(CC(=O)N4CC(F)C4)c(F)c3)CC2)CC1. The molecule has 2 heterocycles. The van der Waals surface area contributed by atoms with Gasteiger partial charge in [0.1, 0.15) is 23.3 Å². The van der Waals surface area contributed by atoms with Crippen LogP contribution < -0.4 is 4.74 Å². The monoisotopic (exact) mass is 476 g/mol. The highest BCUT2D eigenvalue weighted by atomic mass is 19.1. The fourth-order valence-electron chi connectivity index (χ4n) is 5.24. The van der Waals surface area contributed by atoms with Crippen molar-refractivity contribution < 1.29 is 27.8 Å². The molecule has 186 valence electrons. The summed E-state index contributed by atoms with van der Waals surface area (Å²) in [4.78, 5) is 27.6. The second-order valence-corrected chi connectivity index (χ2v) is 10.8. The van der Waals surface area contributed by atoms with E-state index in [1.54, 1.807) is 12.1 Å². The normalized spacial score (nSPS) is 26.1. The molecule has 1 aromatic carbocycles. The molecule has 1 unspecified atom stereocenters. The maximum absolute atomic E-state index is 14.4. The number of carbonyl (C=O) groups is 2. The van der Waals surface area contributed by atoms with Crippen molar-refractivity contribution in [2.75, 3.05) is 32.8 Å². The van der Waals surface area contributed by atoms with E-state index < -0.39 is 12.0 Å². The van der Waals surface area contributed by atoms with Crippen molar-refractivity contribution in [3.8, 4) is 5.75 Å². The Balaban J connectivity index is 0.995. The molecular weight excluding hydrogens is 442 g/mol. The summed E-state index contributed by atoms with van der Waals surface area (Å²) in [5.74, 6) is 1.73. The van der Waals surface area contributed by atoms with Crippen LogP contribution in [0.5, 0.6) is 5.75 Å². The first-order valence-corrected chi connectivity index (χ1v) is 12.6. The number of alkyl halides is 1. The van der Waals surface area contributed by atoms with Crippen LogP contribution in [0, 0.1) is 23.6 Å². The van der Waals surface area contributed by atoms with Crippen LogP contribution in [0.15, 0.2) is 18.2 Å². The van der Waals surface area contributed by atoms with Crippen molar-refractivity contribution in [2.45, 2.75) is 63.6 Å². The largest absolute Gasteiger partial charge is 0.493 e. The fourth-order valence-corrected chi connectivity index (χ4v) is 5.24. The number of likely N-dealkylation sites (tertiary alicyclic amines) is 2. The first-order valence-electron chi connectivity index (χ1n) is 12.6. The third kappa shape index (κ3) is 5.47. The van der Waals surface area contributed by atoms with Crippen LogP contribution in [-0.2, 0) is 16.0 Å². The summed E-state index contributed by atoms with van der Waals surface area (Å²) < 4.78 is 38.7. The van der Waals surface area contributed by atoms with Gasteiger partial charge in [-0.25, -0.2) is 13.6 Å². The molecule has 8 heteroatoms. The molecule has 5 rings (SSSR count). The summed E-state index contributed by atoms with van der Waals surface area (Å²) in [7, 11) is 0. The zero-order valence-corrected chi connectivity index (χ0v) is 19.8. The van der Waals surface area contributed by atoms with Gasteiger partial charge >= 0.3 is 6.09 Å². The van der Waals surface area contributed by atoms with Gasteiger partial charge in [0.2, 0.25) is 5.91 Å². The molecule has 0 aromatic heterocycles. The molecule has 0 bridgehead atoms. The topological polar surface area (TPSA) is 59.1 Å². The summed E-state index contributed by atoms with van der Waals surface area (Å²) >= 11 is 0. The summed E-state index contributed by atoms with van der Waals surface area (Å²) in [5, 5.41) is 0. The number of hydrogen-bond donors (Lipinski definition) is 0. The Hall–Kier alpha value is -2.38. The third-order valence-electron chi connectivity index (χ3n) is 7.98. The molecule has 2 saturated heterocycles. The lowest BCUT2D eigenvalue weighted by Gasteiger charge is -2.34. The average Bonchev–Trinajstić information content (AvgIpc) is 3.71. The van der Waals surface area contributed by atoms with E-state index in [1.165, 1.54) is 17.4 Å². The lowest BCUT2D eigenvalue weighted by molar-refractivity contribution is -0.137. The number of carbonyl (C=O) groups excluding carboxylic acids is 2. The predicted molar refractivity (Wildman–Crippen MR) is 122 cm³/mol. The molecule has 34 heavy (non-hydrogen) atoms. The first kappa shape index (κ1) is 23.4. The maximum Gasteiger partial charge on any atom is 0.410 e. The molecule has 0 radical (unpaired) electrons. The minimum absolute atomic E-state index is 0.0571. The lowest BCUT2D eigenvalue weighted by atomic mass is 9.91. The van der Waals surface area contributed by atoms with Gasteiger partial charge in [-0.15, -0.1) is 0 Å². The third-order valence-corrected chi connectivity index (χ3v) is 7.98. The molecule has 2 amide bonds. The number of amides is 2. The Morgan fingerprint density at radius 1 is 1.15 bits per heavy atom. The van der Waals surface area contributed by atoms with Crippen LogP contribution >= 0.6 is 0 Å². The minimum atomic E-state index is -0.956. The molecule has 0 N–H and O–H groups in total. The molecule has 2 aliphatic carbocycles. The van der Waals surface area contributed by atoms with Crippen LogP contribution in [0.2, 0.25) is 0 Å². The molecule has 6 nitrogen and oxygen atoms in total. The molecular formula is C26H34F2N2O4. The van der Waals surface area contributed by atoms with E-state index in [-0.39, 0.29) is 37.1 Å². The van der Waals surface area contributed by atoms with Crippen molar-refractivity contribution in [2.24, 2.45) is 17.8 Å². The Morgan fingerprint density at radius 2 is 1.88 bits per heavy atom. The van der Waals surface area contributed by atoms with Gasteiger partial charge in [0.05, 0.1) is 26.1 Å². The molecule has 2 saturated carbocycles. The zero-order chi connectivity index (χ0) is 23.9. The van der Waals surface area contributed by atoms with Gasteiger partial charge in [-0.3, -0.25) is 4.79 Å². The standard InChI is InChI=1S/C26H34F2N2O4/c1-26(7-8-26)34-25(32)29-9-4-17(5-10-29)22-12-18(22)6-11-33-21-3-2-19(23(28)14-21)13-24(31)30-15-20(27)16-30/h2-3,14,17-18,20,22H,4-13,15-16H2,1H3/t18-,22?/m1/s1. The van der Waals surface area contributed by atoms with E-state index in [0.29, 0.717) is 35.7 Å². The van der Waals surface area contributed by atoms with Gasteiger partial charge in [-0.2, -0.15) is 0 Å². The van der Waals surface area contributed by atoms with Gasteiger partial charge in [-0.1, -0.05) is 6.07 Å². The van der Waals surface area contributed by atoms with Gasteiger partial charge < -0.3 is 19.3 Å². The number of piperidine rings is 1. The van der Waals surface area contributed by atoms with Gasteiger partial charge in [0, 0.05) is 19.2 Å². The molecule has 0 spiro atoms. The lowest BCUT2D eigenvalue weighted by Crippen LogP contribution is -2.52. The van der Waals surface area contributed by atoms with E-state index in [1.807, 2.05) is 11.8 Å². The first-order chi connectivity index (χ1) is 16.3. The number of halogens is 2. The van der Waals surface area contributed by atoms with Crippen LogP contribution in [-0.4, -0.2) is 66.4 Å². The van der Waals surface area contributed by atoms with Crippen molar-refractivity contribution >= 4 is 12.0 Å². The molecule has 1 aromatic rings. The summed E-state index contributed by atoms with van der Waals surface area (Å²) in [5.41, 5.74) is 0.0911. The Bertz CT molecular complexity index is 923. The second kappa shape index (κ2) is 9.34. The van der Waals surface area contributed by atoms with Crippen molar-refractivity contribution in [3.63, 3.8) is 0 Å². The second-order valence-electron chi connectivity index (χ2n) is 10.8. The number of benzene rings is 1.